The second kappa shape index (κ2) is 9.69. The summed E-state index contributed by atoms with van der Waals surface area (Å²) in [5.74, 6) is 0.442. The molecule has 0 radical (unpaired) electrons. The largest absolute Gasteiger partial charge is 0.489 e. The van der Waals surface area contributed by atoms with Crippen molar-refractivity contribution in [1.29, 1.82) is 0 Å². The molecule has 0 aliphatic carbocycles. The standard InChI is InChI=1S/C21H17Cl3N2O2/c22-17-10-19(24)20(11-18(17)23)26-21(27)12-25-15-7-4-8-16(9-15)28-13-14-5-2-1-3-6-14/h1-11,25H,12-13H2,(H,26,27). The third kappa shape index (κ3) is 5.80. The molecule has 28 heavy (non-hydrogen) atoms. The number of hydrogen-bond donors (Lipinski definition) is 2. The quantitative estimate of drug-likeness (QED) is 0.430. The summed E-state index contributed by atoms with van der Waals surface area (Å²) >= 11 is 17.9. The van der Waals surface area contributed by atoms with Crippen molar-refractivity contribution in [3.8, 4) is 5.75 Å². The smallest absolute Gasteiger partial charge is 0.243 e. The molecule has 0 bridgehead atoms. The molecule has 0 aromatic heterocycles. The van der Waals surface area contributed by atoms with Crippen molar-refractivity contribution in [1.82, 2.24) is 0 Å². The van der Waals surface area contributed by atoms with Gasteiger partial charge in [-0.05, 0) is 29.8 Å². The number of hydrogen-bond acceptors (Lipinski definition) is 3. The third-order valence-electron chi connectivity index (χ3n) is 3.82. The van der Waals surface area contributed by atoms with E-state index in [1.807, 2.05) is 54.6 Å². The zero-order valence-corrected chi connectivity index (χ0v) is 17.0. The van der Waals surface area contributed by atoms with Gasteiger partial charge in [0.15, 0.2) is 0 Å². The second-order valence-corrected chi connectivity index (χ2v) is 7.17. The van der Waals surface area contributed by atoms with Gasteiger partial charge >= 0.3 is 0 Å². The van der Waals surface area contributed by atoms with Gasteiger partial charge in [0.25, 0.3) is 0 Å². The molecule has 0 saturated carbocycles. The molecule has 1 amide bonds. The first-order valence-electron chi connectivity index (χ1n) is 8.46. The highest BCUT2D eigenvalue weighted by Crippen LogP contribution is 2.32. The molecule has 3 aromatic rings. The lowest BCUT2D eigenvalue weighted by Gasteiger charge is -2.11. The van der Waals surface area contributed by atoms with Crippen molar-refractivity contribution in [3.63, 3.8) is 0 Å². The first-order valence-corrected chi connectivity index (χ1v) is 9.60. The van der Waals surface area contributed by atoms with Crippen molar-refractivity contribution in [2.45, 2.75) is 6.61 Å². The Morgan fingerprint density at radius 2 is 1.61 bits per heavy atom. The average molecular weight is 436 g/mol. The van der Waals surface area contributed by atoms with Gasteiger partial charge in [-0.3, -0.25) is 4.79 Å². The molecule has 0 heterocycles. The Hall–Kier alpha value is -2.40. The topological polar surface area (TPSA) is 50.4 Å². The van der Waals surface area contributed by atoms with Crippen molar-refractivity contribution in [2.75, 3.05) is 17.2 Å². The maximum Gasteiger partial charge on any atom is 0.243 e. The second-order valence-electron chi connectivity index (χ2n) is 5.95. The number of benzene rings is 3. The average Bonchev–Trinajstić information content (AvgIpc) is 2.70. The molecule has 7 heteroatoms. The van der Waals surface area contributed by atoms with Gasteiger partial charge in [0.2, 0.25) is 5.91 Å². The summed E-state index contributed by atoms with van der Waals surface area (Å²) < 4.78 is 5.79. The van der Waals surface area contributed by atoms with E-state index in [0.29, 0.717) is 33.1 Å². The van der Waals surface area contributed by atoms with Crippen LogP contribution in [0.3, 0.4) is 0 Å². The molecule has 0 atom stereocenters. The van der Waals surface area contributed by atoms with Gasteiger partial charge < -0.3 is 15.4 Å². The summed E-state index contributed by atoms with van der Waals surface area (Å²) in [7, 11) is 0. The van der Waals surface area contributed by atoms with Crippen molar-refractivity contribution in [3.05, 3.63) is 87.4 Å². The fourth-order valence-corrected chi connectivity index (χ4v) is 3.03. The molecule has 0 aliphatic heterocycles. The lowest BCUT2D eigenvalue weighted by molar-refractivity contribution is -0.114. The minimum atomic E-state index is -0.268. The molecule has 3 rings (SSSR count). The van der Waals surface area contributed by atoms with Crippen LogP contribution >= 0.6 is 34.8 Å². The van der Waals surface area contributed by atoms with E-state index >= 15 is 0 Å². The van der Waals surface area contributed by atoms with Gasteiger partial charge in [-0.1, -0.05) is 71.2 Å². The van der Waals surface area contributed by atoms with Crippen LogP contribution in [-0.4, -0.2) is 12.5 Å². The molecule has 2 N–H and O–H groups in total. The predicted molar refractivity (Wildman–Crippen MR) is 116 cm³/mol. The van der Waals surface area contributed by atoms with Crippen LogP contribution in [0.5, 0.6) is 5.75 Å². The number of anilines is 2. The molecule has 0 aliphatic rings. The normalized spacial score (nSPS) is 10.4. The number of rotatable bonds is 7. The molecule has 0 unspecified atom stereocenters. The van der Waals surface area contributed by atoms with E-state index in [2.05, 4.69) is 10.6 Å². The number of nitrogens with one attached hydrogen (secondary N) is 2. The van der Waals surface area contributed by atoms with E-state index in [4.69, 9.17) is 39.5 Å². The SMILES string of the molecule is O=C(CNc1cccc(OCc2ccccc2)c1)Nc1cc(Cl)c(Cl)cc1Cl. The first kappa shape index (κ1) is 20.3. The Kier molecular flexibility index (Phi) is 7.04. The predicted octanol–water partition coefficient (Wildman–Crippen LogP) is 6.28. The summed E-state index contributed by atoms with van der Waals surface area (Å²) in [6.07, 6.45) is 0. The fraction of sp³-hybridized carbons (Fsp3) is 0.0952. The summed E-state index contributed by atoms with van der Waals surface area (Å²) in [4.78, 5) is 12.2. The Labute approximate surface area is 178 Å². The lowest BCUT2D eigenvalue weighted by atomic mass is 10.2. The van der Waals surface area contributed by atoms with E-state index < -0.39 is 0 Å². The number of carbonyl (C=O) groups is 1. The van der Waals surface area contributed by atoms with E-state index in [1.54, 1.807) is 0 Å². The number of amides is 1. The van der Waals surface area contributed by atoms with E-state index in [-0.39, 0.29) is 12.5 Å². The van der Waals surface area contributed by atoms with Crippen molar-refractivity contribution in [2.24, 2.45) is 0 Å². The molecule has 4 nitrogen and oxygen atoms in total. The van der Waals surface area contributed by atoms with Crippen LogP contribution in [0.1, 0.15) is 5.56 Å². The number of halogens is 3. The highest BCUT2D eigenvalue weighted by molar-refractivity contribution is 6.44. The molecule has 0 spiro atoms. The van der Waals surface area contributed by atoms with Gasteiger partial charge in [-0.2, -0.15) is 0 Å². The number of ether oxygens (including phenoxy) is 1. The summed E-state index contributed by atoms with van der Waals surface area (Å²) in [5, 5.41) is 6.72. The molecule has 144 valence electrons. The Morgan fingerprint density at radius 1 is 0.857 bits per heavy atom. The van der Waals surface area contributed by atoms with E-state index in [1.165, 1.54) is 12.1 Å². The number of carbonyl (C=O) groups excluding carboxylic acids is 1. The van der Waals surface area contributed by atoms with Crippen LogP contribution in [0.15, 0.2) is 66.7 Å². The molecule has 0 saturated heterocycles. The van der Waals surface area contributed by atoms with Crippen molar-refractivity contribution >= 4 is 52.1 Å². The Morgan fingerprint density at radius 3 is 2.39 bits per heavy atom. The van der Waals surface area contributed by atoms with Gasteiger partial charge in [0.1, 0.15) is 12.4 Å². The van der Waals surface area contributed by atoms with Crippen LogP contribution in [0.2, 0.25) is 15.1 Å². The molecule has 0 fully saturated rings. The van der Waals surface area contributed by atoms with Crippen LogP contribution in [0.25, 0.3) is 0 Å². The van der Waals surface area contributed by atoms with Crippen LogP contribution in [0.4, 0.5) is 11.4 Å². The fourth-order valence-electron chi connectivity index (χ4n) is 2.43. The van der Waals surface area contributed by atoms with E-state index in [0.717, 1.165) is 11.3 Å². The van der Waals surface area contributed by atoms with Crippen molar-refractivity contribution < 1.29 is 9.53 Å². The highest BCUT2D eigenvalue weighted by atomic mass is 35.5. The highest BCUT2D eigenvalue weighted by Gasteiger charge is 2.09. The van der Waals surface area contributed by atoms with Gasteiger partial charge in [0, 0.05) is 11.8 Å². The Bertz CT molecular complexity index is 965. The van der Waals surface area contributed by atoms with E-state index in [9.17, 15) is 4.79 Å². The summed E-state index contributed by atoms with van der Waals surface area (Å²) in [6.45, 7) is 0.527. The van der Waals surface area contributed by atoms with Crippen LogP contribution in [-0.2, 0) is 11.4 Å². The first-order chi connectivity index (χ1) is 13.5. The maximum atomic E-state index is 12.2. The van der Waals surface area contributed by atoms with Crippen LogP contribution in [0, 0.1) is 0 Å². The maximum absolute atomic E-state index is 12.2. The minimum absolute atomic E-state index is 0.0543. The molecular formula is C21H17Cl3N2O2. The third-order valence-corrected chi connectivity index (χ3v) is 4.85. The summed E-state index contributed by atoms with van der Waals surface area (Å²) in [5.41, 5.74) is 2.25. The zero-order valence-electron chi connectivity index (χ0n) is 14.7. The van der Waals surface area contributed by atoms with Gasteiger partial charge in [-0.15, -0.1) is 0 Å². The molecular weight excluding hydrogens is 419 g/mol. The zero-order chi connectivity index (χ0) is 19.9. The Balaban J connectivity index is 1.54. The molecule has 3 aromatic carbocycles. The van der Waals surface area contributed by atoms with Gasteiger partial charge in [0.05, 0.1) is 27.3 Å². The van der Waals surface area contributed by atoms with Crippen LogP contribution < -0.4 is 15.4 Å². The monoisotopic (exact) mass is 434 g/mol. The summed E-state index contributed by atoms with van der Waals surface area (Å²) in [6, 6.07) is 20.3. The van der Waals surface area contributed by atoms with Gasteiger partial charge in [-0.25, -0.2) is 0 Å². The lowest BCUT2D eigenvalue weighted by Crippen LogP contribution is -2.21. The minimum Gasteiger partial charge on any atom is -0.489 e.